The molecule has 0 fully saturated rings. The lowest BCUT2D eigenvalue weighted by Gasteiger charge is -2.07. The van der Waals surface area contributed by atoms with E-state index in [1.165, 1.54) is 16.8 Å². The molecule has 0 N–H and O–H groups in total. The molecule has 76 valence electrons. The molecule has 1 nitrogen and oxygen atoms in total. The number of hydrogen-bond donors (Lipinski definition) is 0. The Morgan fingerprint density at radius 3 is 2.67 bits per heavy atom. The molecule has 0 bridgehead atoms. The van der Waals surface area contributed by atoms with Crippen molar-refractivity contribution in [3.63, 3.8) is 0 Å². The molecule has 1 aromatic carbocycles. The summed E-state index contributed by atoms with van der Waals surface area (Å²) in [5.74, 6) is 0. The third-order valence-corrected chi connectivity index (χ3v) is 2.59. The van der Waals surface area contributed by atoms with Gasteiger partial charge >= 0.3 is 0 Å². The second kappa shape index (κ2) is 3.77. The summed E-state index contributed by atoms with van der Waals surface area (Å²) in [5.41, 5.74) is 4.95. The van der Waals surface area contributed by atoms with Crippen LogP contribution in [0.5, 0.6) is 0 Å². The highest BCUT2D eigenvalue weighted by Gasteiger charge is 2.01. The second-order valence-corrected chi connectivity index (χ2v) is 3.85. The predicted octanol–water partition coefficient (Wildman–Crippen LogP) is 3.74. The summed E-state index contributed by atoms with van der Waals surface area (Å²) in [5, 5.41) is 0. The summed E-state index contributed by atoms with van der Waals surface area (Å²) in [6.07, 6.45) is 6.02. The lowest BCUT2D eigenvalue weighted by Crippen LogP contribution is -1.93. The molecule has 0 aliphatic carbocycles. The first-order valence-corrected chi connectivity index (χ1v) is 5.09. The summed E-state index contributed by atoms with van der Waals surface area (Å²) >= 11 is 0. The normalized spacial score (nSPS) is 10.3. The van der Waals surface area contributed by atoms with Crippen LogP contribution in [-0.2, 0) is 0 Å². The number of aryl methyl sites for hydroxylation is 2. The van der Waals surface area contributed by atoms with E-state index in [-0.39, 0.29) is 0 Å². The van der Waals surface area contributed by atoms with Crippen LogP contribution in [0, 0.1) is 13.8 Å². The van der Waals surface area contributed by atoms with Crippen molar-refractivity contribution < 1.29 is 0 Å². The SMILES string of the molecule is C=Cc1ccn(-c2cc(C)ccc2C)c1. The van der Waals surface area contributed by atoms with Gasteiger partial charge in [0, 0.05) is 18.1 Å². The van der Waals surface area contributed by atoms with Crippen LogP contribution in [0.1, 0.15) is 16.7 Å². The molecule has 0 atom stereocenters. The Balaban J connectivity index is 2.52. The summed E-state index contributed by atoms with van der Waals surface area (Å²) in [4.78, 5) is 0. The summed E-state index contributed by atoms with van der Waals surface area (Å²) in [6, 6.07) is 8.55. The van der Waals surface area contributed by atoms with Crippen LogP contribution >= 0.6 is 0 Å². The van der Waals surface area contributed by atoms with Gasteiger partial charge in [0.25, 0.3) is 0 Å². The van der Waals surface area contributed by atoms with Crippen molar-refractivity contribution in [3.8, 4) is 5.69 Å². The molecule has 0 saturated carbocycles. The molecule has 0 radical (unpaired) electrons. The quantitative estimate of drug-likeness (QED) is 0.691. The largest absolute Gasteiger partial charge is 0.323 e. The highest BCUT2D eigenvalue weighted by Crippen LogP contribution is 2.17. The molecular weight excluding hydrogens is 182 g/mol. The van der Waals surface area contributed by atoms with E-state index in [0.717, 1.165) is 5.56 Å². The van der Waals surface area contributed by atoms with E-state index in [2.05, 4.69) is 61.7 Å². The van der Waals surface area contributed by atoms with Crippen molar-refractivity contribution in [3.05, 3.63) is 59.9 Å². The maximum Gasteiger partial charge on any atom is 0.0481 e. The average molecular weight is 197 g/mol. The average Bonchev–Trinajstić information content (AvgIpc) is 2.70. The molecule has 0 aliphatic heterocycles. The Kier molecular flexibility index (Phi) is 2.46. The Morgan fingerprint density at radius 1 is 1.20 bits per heavy atom. The van der Waals surface area contributed by atoms with E-state index in [1.54, 1.807) is 0 Å². The van der Waals surface area contributed by atoms with E-state index in [0.29, 0.717) is 0 Å². The van der Waals surface area contributed by atoms with Gasteiger partial charge in [-0.05, 0) is 42.7 Å². The highest BCUT2D eigenvalue weighted by molar-refractivity contribution is 5.50. The first kappa shape index (κ1) is 9.78. The van der Waals surface area contributed by atoms with Gasteiger partial charge in [0.05, 0.1) is 0 Å². The predicted molar refractivity (Wildman–Crippen MR) is 65.3 cm³/mol. The Bertz CT molecular complexity index is 492. The van der Waals surface area contributed by atoms with E-state index in [9.17, 15) is 0 Å². The number of aromatic nitrogens is 1. The molecule has 0 spiro atoms. The molecule has 1 heteroatoms. The highest BCUT2D eigenvalue weighted by atomic mass is 14.9. The van der Waals surface area contributed by atoms with Gasteiger partial charge < -0.3 is 4.57 Å². The van der Waals surface area contributed by atoms with Gasteiger partial charge in [0.15, 0.2) is 0 Å². The second-order valence-electron chi connectivity index (χ2n) is 3.85. The molecule has 0 amide bonds. The third-order valence-electron chi connectivity index (χ3n) is 2.59. The molecule has 1 aromatic heterocycles. The fraction of sp³-hybridized carbons (Fsp3) is 0.143. The van der Waals surface area contributed by atoms with Crippen molar-refractivity contribution in [2.24, 2.45) is 0 Å². The number of hydrogen-bond acceptors (Lipinski definition) is 0. The topological polar surface area (TPSA) is 4.93 Å². The molecule has 1 heterocycles. The summed E-state index contributed by atoms with van der Waals surface area (Å²) < 4.78 is 2.14. The van der Waals surface area contributed by atoms with Crippen LogP contribution in [0.3, 0.4) is 0 Å². The van der Waals surface area contributed by atoms with E-state index >= 15 is 0 Å². The summed E-state index contributed by atoms with van der Waals surface area (Å²) in [7, 11) is 0. The van der Waals surface area contributed by atoms with Gasteiger partial charge in [-0.15, -0.1) is 0 Å². The van der Waals surface area contributed by atoms with Crippen molar-refractivity contribution in [1.82, 2.24) is 4.57 Å². The Morgan fingerprint density at radius 2 is 2.00 bits per heavy atom. The van der Waals surface area contributed by atoms with Crippen LogP contribution in [0.25, 0.3) is 11.8 Å². The Labute approximate surface area is 90.7 Å². The minimum absolute atomic E-state index is 1.15. The zero-order chi connectivity index (χ0) is 10.8. The van der Waals surface area contributed by atoms with Crippen LogP contribution in [-0.4, -0.2) is 4.57 Å². The third kappa shape index (κ3) is 1.86. The molecule has 2 aromatic rings. The van der Waals surface area contributed by atoms with Crippen molar-refractivity contribution >= 4 is 6.08 Å². The minimum atomic E-state index is 1.15. The first-order valence-electron chi connectivity index (χ1n) is 5.09. The number of benzene rings is 1. The number of rotatable bonds is 2. The van der Waals surface area contributed by atoms with E-state index in [4.69, 9.17) is 0 Å². The maximum absolute atomic E-state index is 3.76. The molecule has 0 unspecified atom stereocenters. The van der Waals surface area contributed by atoms with Gasteiger partial charge in [0.2, 0.25) is 0 Å². The van der Waals surface area contributed by atoms with Gasteiger partial charge in [0.1, 0.15) is 0 Å². The van der Waals surface area contributed by atoms with Gasteiger partial charge in [-0.2, -0.15) is 0 Å². The van der Waals surface area contributed by atoms with Crippen LogP contribution in [0.4, 0.5) is 0 Å². The lowest BCUT2D eigenvalue weighted by atomic mass is 10.1. The lowest BCUT2D eigenvalue weighted by molar-refractivity contribution is 1.05. The van der Waals surface area contributed by atoms with Gasteiger partial charge in [-0.25, -0.2) is 0 Å². The van der Waals surface area contributed by atoms with Crippen molar-refractivity contribution in [1.29, 1.82) is 0 Å². The maximum atomic E-state index is 3.76. The molecule has 0 aliphatic rings. The fourth-order valence-corrected chi connectivity index (χ4v) is 1.68. The van der Waals surface area contributed by atoms with Gasteiger partial charge in [-0.3, -0.25) is 0 Å². The molecule has 2 rings (SSSR count). The first-order chi connectivity index (χ1) is 7.20. The Hall–Kier alpha value is -1.76. The fourth-order valence-electron chi connectivity index (χ4n) is 1.68. The zero-order valence-electron chi connectivity index (χ0n) is 9.20. The summed E-state index contributed by atoms with van der Waals surface area (Å²) in [6.45, 7) is 8.00. The van der Waals surface area contributed by atoms with Crippen LogP contribution < -0.4 is 0 Å². The van der Waals surface area contributed by atoms with E-state index < -0.39 is 0 Å². The van der Waals surface area contributed by atoms with E-state index in [1.807, 2.05) is 6.08 Å². The van der Waals surface area contributed by atoms with Crippen molar-refractivity contribution in [2.45, 2.75) is 13.8 Å². The smallest absolute Gasteiger partial charge is 0.0481 e. The molecule has 0 saturated heterocycles. The molecular formula is C14H15N. The van der Waals surface area contributed by atoms with Crippen LogP contribution in [0.2, 0.25) is 0 Å². The standard InChI is InChI=1S/C14H15N/c1-4-13-7-8-15(10-13)14-9-11(2)5-6-12(14)3/h4-10H,1H2,2-3H3. The van der Waals surface area contributed by atoms with Crippen molar-refractivity contribution in [2.75, 3.05) is 0 Å². The minimum Gasteiger partial charge on any atom is -0.323 e. The number of nitrogens with zero attached hydrogens (tertiary/aromatic N) is 1. The molecule has 15 heavy (non-hydrogen) atoms. The zero-order valence-corrected chi connectivity index (χ0v) is 9.20. The monoisotopic (exact) mass is 197 g/mol. The van der Waals surface area contributed by atoms with Gasteiger partial charge in [-0.1, -0.05) is 24.8 Å². The van der Waals surface area contributed by atoms with Crippen LogP contribution in [0.15, 0.2) is 43.2 Å².